The molecule has 0 aliphatic heterocycles. The van der Waals surface area contributed by atoms with E-state index in [0.29, 0.717) is 22.4 Å². The van der Waals surface area contributed by atoms with Crippen LogP contribution in [0.2, 0.25) is 0 Å². The van der Waals surface area contributed by atoms with Crippen molar-refractivity contribution in [1.29, 1.82) is 0 Å². The number of carbonyl (C=O) groups excluding carboxylic acids is 1. The van der Waals surface area contributed by atoms with Crippen molar-refractivity contribution >= 4 is 22.6 Å². The molecule has 0 saturated heterocycles. The first kappa shape index (κ1) is 15.9. The number of aryl methyl sites for hydroxylation is 4. The number of amides is 1. The molecular weight excluding hydrogens is 308 g/mol. The molecule has 3 aromatic rings. The highest BCUT2D eigenvalue weighted by molar-refractivity contribution is 5.90. The van der Waals surface area contributed by atoms with Crippen LogP contribution in [0.3, 0.4) is 0 Å². The fraction of sp³-hybridized carbons (Fsp3) is 0.312. The van der Waals surface area contributed by atoms with Crippen LogP contribution in [-0.2, 0) is 18.4 Å². The zero-order chi connectivity index (χ0) is 17.4. The summed E-state index contributed by atoms with van der Waals surface area (Å²) in [7, 11) is 1.66. The number of anilines is 1. The molecule has 0 aliphatic carbocycles. The maximum absolute atomic E-state index is 12.5. The Morgan fingerprint density at radius 1 is 1.21 bits per heavy atom. The van der Waals surface area contributed by atoms with Crippen LogP contribution >= 0.6 is 0 Å². The topological polar surface area (TPSA) is 94.7 Å². The van der Waals surface area contributed by atoms with Crippen LogP contribution in [-0.4, -0.2) is 30.7 Å². The summed E-state index contributed by atoms with van der Waals surface area (Å²) in [6.07, 6.45) is 0. The van der Waals surface area contributed by atoms with Gasteiger partial charge in [-0.3, -0.25) is 14.3 Å². The molecule has 3 rings (SSSR count). The molecule has 8 heteroatoms. The molecule has 2 heterocycles. The van der Waals surface area contributed by atoms with Crippen LogP contribution in [0.25, 0.3) is 11.0 Å². The SMILES string of the molecule is Cc1ccc(NC(=O)Cn2nnc3c(C)nn(C)c3c2=O)cc1C. The van der Waals surface area contributed by atoms with Crippen molar-refractivity contribution in [1.82, 2.24) is 24.8 Å². The summed E-state index contributed by atoms with van der Waals surface area (Å²) >= 11 is 0. The number of nitrogens with one attached hydrogen (secondary N) is 1. The van der Waals surface area contributed by atoms with Gasteiger partial charge in [-0.05, 0) is 44.0 Å². The third kappa shape index (κ3) is 2.78. The first-order chi connectivity index (χ1) is 11.4. The monoisotopic (exact) mass is 326 g/mol. The second-order valence-corrected chi connectivity index (χ2v) is 5.81. The molecule has 0 aliphatic rings. The predicted molar refractivity (Wildman–Crippen MR) is 89.8 cm³/mol. The van der Waals surface area contributed by atoms with Crippen LogP contribution < -0.4 is 10.9 Å². The number of hydrogen-bond acceptors (Lipinski definition) is 5. The Kier molecular flexibility index (Phi) is 3.88. The van der Waals surface area contributed by atoms with E-state index >= 15 is 0 Å². The van der Waals surface area contributed by atoms with Gasteiger partial charge in [-0.15, -0.1) is 5.10 Å². The molecular formula is C16H18N6O2. The number of nitrogens with zero attached hydrogens (tertiary/aromatic N) is 5. The Morgan fingerprint density at radius 3 is 2.67 bits per heavy atom. The van der Waals surface area contributed by atoms with E-state index in [-0.39, 0.29) is 12.5 Å². The summed E-state index contributed by atoms with van der Waals surface area (Å²) in [4.78, 5) is 24.7. The molecule has 0 spiro atoms. The summed E-state index contributed by atoms with van der Waals surface area (Å²) in [6.45, 7) is 5.52. The van der Waals surface area contributed by atoms with Gasteiger partial charge in [0.05, 0.1) is 5.69 Å². The Labute approximate surface area is 138 Å². The first-order valence-corrected chi connectivity index (χ1v) is 7.51. The number of aromatic nitrogens is 5. The normalized spacial score (nSPS) is 11.0. The summed E-state index contributed by atoms with van der Waals surface area (Å²) in [5.41, 5.74) is 3.93. The second kappa shape index (κ2) is 5.88. The third-order valence-electron chi connectivity index (χ3n) is 3.96. The van der Waals surface area contributed by atoms with Crippen molar-refractivity contribution in [2.45, 2.75) is 27.3 Å². The summed E-state index contributed by atoms with van der Waals surface area (Å²) in [5, 5.41) is 14.8. The molecule has 0 fully saturated rings. The van der Waals surface area contributed by atoms with Gasteiger partial charge in [0, 0.05) is 12.7 Å². The Hall–Kier alpha value is -3.03. The maximum atomic E-state index is 12.5. The molecule has 0 atom stereocenters. The average molecular weight is 326 g/mol. The van der Waals surface area contributed by atoms with E-state index in [2.05, 4.69) is 20.7 Å². The largest absolute Gasteiger partial charge is 0.324 e. The van der Waals surface area contributed by atoms with E-state index in [0.717, 1.165) is 15.8 Å². The van der Waals surface area contributed by atoms with E-state index in [1.54, 1.807) is 14.0 Å². The standard InChI is InChI=1S/C16H18N6O2/c1-9-5-6-12(7-10(9)2)17-13(23)8-22-16(24)15-14(18-20-22)11(3)19-21(15)4/h5-7H,8H2,1-4H3,(H,17,23). The zero-order valence-corrected chi connectivity index (χ0v) is 14.0. The second-order valence-electron chi connectivity index (χ2n) is 5.81. The highest BCUT2D eigenvalue weighted by Crippen LogP contribution is 2.14. The van der Waals surface area contributed by atoms with Crippen molar-refractivity contribution in [2.24, 2.45) is 7.05 Å². The van der Waals surface area contributed by atoms with Crippen molar-refractivity contribution < 1.29 is 4.79 Å². The highest BCUT2D eigenvalue weighted by Gasteiger charge is 2.15. The van der Waals surface area contributed by atoms with Crippen molar-refractivity contribution in [3.05, 3.63) is 45.4 Å². The Morgan fingerprint density at radius 2 is 1.96 bits per heavy atom. The first-order valence-electron chi connectivity index (χ1n) is 7.51. The molecule has 1 amide bonds. The van der Waals surface area contributed by atoms with Crippen molar-refractivity contribution in [2.75, 3.05) is 5.32 Å². The Balaban J connectivity index is 1.85. The lowest BCUT2D eigenvalue weighted by atomic mass is 10.1. The molecule has 0 saturated carbocycles. The van der Waals surface area contributed by atoms with Gasteiger partial charge in [-0.25, -0.2) is 0 Å². The predicted octanol–water partition coefficient (Wildman–Crippen LogP) is 1.09. The molecule has 124 valence electrons. The van der Waals surface area contributed by atoms with E-state index in [9.17, 15) is 9.59 Å². The molecule has 2 aromatic heterocycles. The number of rotatable bonds is 3. The summed E-state index contributed by atoms with van der Waals surface area (Å²) in [5.74, 6) is -0.340. The molecule has 1 N–H and O–H groups in total. The minimum absolute atomic E-state index is 0.209. The smallest absolute Gasteiger partial charge is 0.296 e. The lowest BCUT2D eigenvalue weighted by Gasteiger charge is -2.08. The number of hydrogen-bond donors (Lipinski definition) is 1. The number of benzene rings is 1. The zero-order valence-electron chi connectivity index (χ0n) is 14.0. The molecule has 24 heavy (non-hydrogen) atoms. The van der Waals surface area contributed by atoms with Gasteiger partial charge in [0.1, 0.15) is 12.1 Å². The molecule has 0 bridgehead atoms. The minimum atomic E-state index is -0.390. The number of fused-ring (bicyclic) bond motifs is 1. The summed E-state index contributed by atoms with van der Waals surface area (Å²) < 4.78 is 2.50. The maximum Gasteiger partial charge on any atom is 0.296 e. The van der Waals surface area contributed by atoms with Crippen LogP contribution in [0.4, 0.5) is 5.69 Å². The fourth-order valence-corrected chi connectivity index (χ4v) is 2.53. The average Bonchev–Trinajstić information content (AvgIpc) is 2.81. The highest BCUT2D eigenvalue weighted by atomic mass is 16.2. The van der Waals surface area contributed by atoms with Gasteiger partial charge in [0.25, 0.3) is 5.56 Å². The van der Waals surface area contributed by atoms with Crippen molar-refractivity contribution in [3.8, 4) is 0 Å². The van der Waals surface area contributed by atoms with Crippen LogP contribution in [0.5, 0.6) is 0 Å². The van der Waals surface area contributed by atoms with Crippen molar-refractivity contribution in [3.63, 3.8) is 0 Å². The molecule has 8 nitrogen and oxygen atoms in total. The lowest BCUT2D eigenvalue weighted by Crippen LogP contribution is -2.31. The van der Waals surface area contributed by atoms with E-state index < -0.39 is 5.56 Å². The minimum Gasteiger partial charge on any atom is -0.324 e. The van der Waals surface area contributed by atoms with Gasteiger partial charge in [-0.1, -0.05) is 11.3 Å². The van der Waals surface area contributed by atoms with E-state index in [1.165, 1.54) is 4.68 Å². The molecule has 0 unspecified atom stereocenters. The third-order valence-corrected chi connectivity index (χ3v) is 3.96. The van der Waals surface area contributed by atoms with Gasteiger partial charge in [-0.2, -0.15) is 9.78 Å². The quantitative estimate of drug-likeness (QED) is 0.777. The van der Waals surface area contributed by atoms with Gasteiger partial charge in [0.2, 0.25) is 5.91 Å². The van der Waals surface area contributed by atoms with Crippen LogP contribution in [0.15, 0.2) is 23.0 Å². The Bertz CT molecular complexity index is 1000. The van der Waals surface area contributed by atoms with E-state index in [1.807, 2.05) is 32.0 Å². The van der Waals surface area contributed by atoms with E-state index in [4.69, 9.17) is 0 Å². The van der Waals surface area contributed by atoms with Gasteiger partial charge < -0.3 is 5.32 Å². The number of carbonyl (C=O) groups is 1. The van der Waals surface area contributed by atoms with Crippen LogP contribution in [0, 0.1) is 20.8 Å². The van der Waals surface area contributed by atoms with Gasteiger partial charge in [0.15, 0.2) is 5.52 Å². The lowest BCUT2D eigenvalue weighted by molar-refractivity contribution is -0.117. The molecule has 0 radical (unpaired) electrons. The molecule has 1 aromatic carbocycles. The fourth-order valence-electron chi connectivity index (χ4n) is 2.53. The van der Waals surface area contributed by atoms with Gasteiger partial charge >= 0.3 is 0 Å². The van der Waals surface area contributed by atoms with Crippen LogP contribution in [0.1, 0.15) is 16.8 Å². The summed E-state index contributed by atoms with van der Waals surface area (Å²) in [6, 6.07) is 5.64.